The molecule has 0 bridgehead atoms. The van der Waals surface area contributed by atoms with E-state index in [1.165, 1.54) is 0 Å². The standard InChI is InChI=1S/C12H11BrClN5O/c13-5-7-3-11(20)19(6-7)10-4-8(14)1-2-9(10)12-15-17-18-16-12/h1-2,4,7H,3,5-6H2,(H,15,16,17,18). The van der Waals surface area contributed by atoms with Gasteiger partial charge in [-0.1, -0.05) is 27.5 Å². The van der Waals surface area contributed by atoms with Gasteiger partial charge in [-0.05, 0) is 29.3 Å². The van der Waals surface area contributed by atoms with Crippen molar-refractivity contribution >= 4 is 39.1 Å². The molecule has 1 N–H and O–H groups in total. The molecule has 104 valence electrons. The van der Waals surface area contributed by atoms with Gasteiger partial charge in [0.1, 0.15) is 0 Å². The van der Waals surface area contributed by atoms with E-state index in [-0.39, 0.29) is 5.91 Å². The number of anilines is 1. The van der Waals surface area contributed by atoms with E-state index in [9.17, 15) is 4.79 Å². The second kappa shape index (κ2) is 5.49. The number of alkyl halides is 1. The summed E-state index contributed by atoms with van der Waals surface area (Å²) in [4.78, 5) is 13.9. The highest BCUT2D eigenvalue weighted by atomic mass is 79.9. The van der Waals surface area contributed by atoms with Crippen LogP contribution in [0.5, 0.6) is 0 Å². The zero-order chi connectivity index (χ0) is 14.1. The average Bonchev–Trinajstić information content (AvgIpc) is 3.07. The van der Waals surface area contributed by atoms with Crippen LogP contribution in [0.15, 0.2) is 18.2 Å². The average molecular weight is 357 g/mol. The highest BCUT2D eigenvalue weighted by molar-refractivity contribution is 9.09. The number of carbonyl (C=O) groups excluding carboxylic acids is 1. The van der Waals surface area contributed by atoms with E-state index in [0.29, 0.717) is 29.7 Å². The van der Waals surface area contributed by atoms with E-state index >= 15 is 0 Å². The van der Waals surface area contributed by atoms with Gasteiger partial charge in [0.2, 0.25) is 11.7 Å². The molecule has 1 saturated heterocycles. The summed E-state index contributed by atoms with van der Waals surface area (Å²) < 4.78 is 0. The van der Waals surface area contributed by atoms with Gasteiger partial charge in [-0.2, -0.15) is 5.21 Å². The summed E-state index contributed by atoms with van der Waals surface area (Å²) in [5, 5.41) is 15.3. The number of tetrazole rings is 1. The van der Waals surface area contributed by atoms with E-state index in [2.05, 4.69) is 36.6 Å². The van der Waals surface area contributed by atoms with Gasteiger partial charge in [-0.15, -0.1) is 10.2 Å². The summed E-state index contributed by atoms with van der Waals surface area (Å²) in [6.07, 6.45) is 0.531. The monoisotopic (exact) mass is 355 g/mol. The molecule has 0 saturated carbocycles. The number of nitrogens with zero attached hydrogens (tertiary/aromatic N) is 4. The van der Waals surface area contributed by atoms with Gasteiger partial charge in [0.25, 0.3) is 0 Å². The molecule has 1 aliphatic rings. The molecule has 1 amide bonds. The van der Waals surface area contributed by atoms with Crippen LogP contribution in [0.1, 0.15) is 6.42 Å². The molecule has 1 aromatic carbocycles. The summed E-state index contributed by atoms with van der Waals surface area (Å²) in [5.74, 6) is 0.841. The van der Waals surface area contributed by atoms with Gasteiger partial charge in [0.15, 0.2) is 0 Å². The summed E-state index contributed by atoms with van der Waals surface area (Å²) in [5.41, 5.74) is 1.47. The van der Waals surface area contributed by atoms with Crippen molar-refractivity contribution in [1.82, 2.24) is 20.6 Å². The van der Waals surface area contributed by atoms with Crippen LogP contribution in [-0.2, 0) is 4.79 Å². The fourth-order valence-electron chi connectivity index (χ4n) is 2.31. The lowest BCUT2D eigenvalue weighted by atomic mass is 10.1. The summed E-state index contributed by atoms with van der Waals surface area (Å²) in [6, 6.07) is 5.32. The molecule has 0 spiro atoms. The number of carbonyl (C=O) groups is 1. The number of amides is 1. The molecule has 1 aliphatic heterocycles. The van der Waals surface area contributed by atoms with Crippen molar-refractivity contribution in [3.63, 3.8) is 0 Å². The van der Waals surface area contributed by atoms with Crippen molar-refractivity contribution in [1.29, 1.82) is 0 Å². The number of aromatic nitrogens is 4. The predicted octanol–water partition coefficient (Wildman–Crippen LogP) is 2.27. The second-order valence-electron chi connectivity index (χ2n) is 4.63. The molecule has 3 rings (SSSR count). The first kappa shape index (κ1) is 13.5. The topological polar surface area (TPSA) is 74.8 Å². The molecule has 1 unspecified atom stereocenters. The van der Waals surface area contributed by atoms with Crippen LogP contribution >= 0.6 is 27.5 Å². The van der Waals surface area contributed by atoms with Crippen molar-refractivity contribution in [3.05, 3.63) is 23.2 Å². The molecule has 0 aliphatic carbocycles. The van der Waals surface area contributed by atoms with E-state index < -0.39 is 0 Å². The minimum atomic E-state index is 0.0847. The normalized spacial score (nSPS) is 18.8. The predicted molar refractivity (Wildman–Crippen MR) is 78.9 cm³/mol. The number of nitrogens with one attached hydrogen (secondary N) is 1. The van der Waals surface area contributed by atoms with Crippen molar-refractivity contribution < 1.29 is 4.79 Å². The quantitative estimate of drug-likeness (QED) is 0.856. The first-order valence-electron chi connectivity index (χ1n) is 6.08. The number of rotatable bonds is 3. The fourth-order valence-corrected chi connectivity index (χ4v) is 2.91. The summed E-state index contributed by atoms with van der Waals surface area (Å²) in [6.45, 7) is 0.662. The Hall–Kier alpha value is -1.47. The first-order chi connectivity index (χ1) is 9.69. The summed E-state index contributed by atoms with van der Waals surface area (Å²) in [7, 11) is 0. The van der Waals surface area contributed by atoms with E-state index in [4.69, 9.17) is 11.6 Å². The molecule has 1 atom stereocenters. The third kappa shape index (κ3) is 2.43. The first-order valence-corrected chi connectivity index (χ1v) is 7.58. The third-order valence-corrected chi connectivity index (χ3v) is 4.41. The van der Waals surface area contributed by atoms with Crippen LogP contribution in [0.2, 0.25) is 5.02 Å². The molecule has 8 heteroatoms. The smallest absolute Gasteiger partial charge is 0.227 e. The molecule has 1 aromatic heterocycles. The number of H-pyrrole nitrogens is 1. The van der Waals surface area contributed by atoms with Crippen LogP contribution in [0.25, 0.3) is 11.4 Å². The Morgan fingerprint density at radius 1 is 1.50 bits per heavy atom. The van der Waals surface area contributed by atoms with Crippen molar-refractivity contribution in [2.24, 2.45) is 5.92 Å². The summed E-state index contributed by atoms with van der Waals surface area (Å²) >= 11 is 9.49. The van der Waals surface area contributed by atoms with Crippen LogP contribution in [0, 0.1) is 5.92 Å². The van der Waals surface area contributed by atoms with Crippen LogP contribution in [0.4, 0.5) is 5.69 Å². The zero-order valence-corrected chi connectivity index (χ0v) is 12.7. The van der Waals surface area contributed by atoms with Crippen LogP contribution < -0.4 is 4.90 Å². The van der Waals surface area contributed by atoms with Gasteiger partial charge in [-0.25, -0.2) is 0 Å². The molecule has 20 heavy (non-hydrogen) atoms. The molecular formula is C12H11BrClN5O. The Balaban J connectivity index is 2.04. The van der Waals surface area contributed by atoms with E-state index in [1.807, 2.05) is 0 Å². The maximum Gasteiger partial charge on any atom is 0.227 e. The van der Waals surface area contributed by atoms with Gasteiger partial charge in [0, 0.05) is 28.9 Å². The minimum Gasteiger partial charge on any atom is -0.311 e. The molecule has 2 aromatic rings. The molecule has 6 nitrogen and oxygen atoms in total. The van der Waals surface area contributed by atoms with Crippen molar-refractivity contribution in [2.45, 2.75) is 6.42 Å². The molecule has 0 radical (unpaired) electrons. The molecule has 2 heterocycles. The Morgan fingerprint density at radius 2 is 2.35 bits per heavy atom. The Kier molecular flexibility index (Phi) is 3.71. The van der Waals surface area contributed by atoms with Gasteiger partial charge < -0.3 is 4.90 Å². The highest BCUT2D eigenvalue weighted by Gasteiger charge is 2.31. The lowest BCUT2D eigenvalue weighted by Gasteiger charge is -2.19. The van der Waals surface area contributed by atoms with Gasteiger partial charge in [0.05, 0.1) is 5.69 Å². The lowest BCUT2D eigenvalue weighted by molar-refractivity contribution is -0.117. The maximum absolute atomic E-state index is 12.2. The Bertz CT molecular complexity index is 633. The number of aromatic amines is 1. The Labute approximate surface area is 128 Å². The minimum absolute atomic E-state index is 0.0847. The maximum atomic E-state index is 12.2. The number of hydrogen-bond donors (Lipinski definition) is 1. The van der Waals surface area contributed by atoms with Gasteiger partial charge in [-0.3, -0.25) is 4.79 Å². The zero-order valence-electron chi connectivity index (χ0n) is 10.4. The van der Waals surface area contributed by atoms with Crippen LogP contribution in [-0.4, -0.2) is 38.4 Å². The highest BCUT2D eigenvalue weighted by Crippen LogP contribution is 2.35. The fraction of sp³-hybridized carbons (Fsp3) is 0.333. The SMILES string of the molecule is O=C1CC(CBr)CN1c1cc(Cl)ccc1-c1nn[nH]n1. The number of halogens is 2. The third-order valence-electron chi connectivity index (χ3n) is 3.26. The number of hydrogen-bond acceptors (Lipinski definition) is 4. The van der Waals surface area contributed by atoms with E-state index in [1.54, 1.807) is 23.1 Å². The lowest BCUT2D eigenvalue weighted by Crippen LogP contribution is -2.25. The van der Waals surface area contributed by atoms with Crippen molar-refractivity contribution in [2.75, 3.05) is 16.8 Å². The van der Waals surface area contributed by atoms with Crippen LogP contribution in [0.3, 0.4) is 0 Å². The van der Waals surface area contributed by atoms with E-state index in [0.717, 1.165) is 16.6 Å². The molecule has 1 fully saturated rings. The largest absolute Gasteiger partial charge is 0.311 e. The molecular weight excluding hydrogens is 346 g/mol. The Morgan fingerprint density at radius 3 is 3.00 bits per heavy atom. The second-order valence-corrected chi connectivity index (χ2v) is 5.71. The van der Waals surface area contributed by atoms with Crippen molar-refractivity contribution in [3.8, 4) is 11.4 Å². The number of benzene rings is 1. The van der Waals surface area contributed by atoms with Gasteiger partial charge >= 0.3 is 0 Å².